The highest BCUT2D eigenvalue weighted by molar-refractivity contribution is 7.88. The summed E-state index contributed by atoms with van der Waals surface area (Å²) < 4.78 is 26.5. The Bertz CT molecular complexity index is 716. The van der Waals surface area contributed by atoms with E-state index in [1.165, 1.54) is 6.92 Å². The zero-order valence-corrected chi connectivity index (χ0v) is 13.0. The lowest BCUT2D eigenvalue weighted by Gasteiger charge is -2.14. The van der Waals surface area contributed by atoms with Gasteiger partial charge < -0.3 is 5.32 Å². The second-order valence-corrected chi connectivity index (χ2v) is 6.69. The van der Waals surface area contributed by atoms with Crippen LogP contribution in [0.15, 0.2) is 60.7 Å². The minimum absolute atomic E-state index is 0.156. The number of hydrogen-bond donors (Lipinski definition) is 2. The van der Waals surface area contributed by atoms with Gasteiger partial charge in [-0.3, -0.25) is 4.79 Å². The standard InChI is InChI=1S/C16H18N2O3S/c1-13(16(19)17-15-10-6-3-7-11-15)18-22(20,21)12-14-8-4-2-5-9-14/h2-11,13,18H,12H2,1H3,(H,17,19). The van der Waals surface area contributed by atoms with Crippen LogP contribution in [0.5, 0.6) is 0 Å². The van der Waals surface area contributed by atoms with E-state index in [0.717, 1.165) is 0 Å². The number of amides is 1. The largest absolute Gasteiger partial charge is 0.325 e. The minimum Gasteiger partial charge on any atom is -0.325 e. The summed E-state index contributed by atoms with van der Waals surface area (Å²) >= 11 is 0. The van der Waals surface area contributed by atoms with Crippen molar-refractivity contribution in [3.63, 3.8) is 0 Å². The summed E-state index contributed by atoms with van der Waals surface area (Å²) in [5, 5.41) is 2.66. The Morgan fingerprint density at radius 1 is 1.00 bits per heavy atom. The van der Waals surface area contributed by atoms with Gasteiger partial charge in [-0.2, -0.15) is 0 Å². The third kappa shape index (κ3) is 4.98. The molecule has 0 spiro atoms. The van der Waals surface area contributed by atoms with Crippen LogP contribution in [0.2, 0.25) is 0 Å². The first-order valence-electron chi connectivity index (χ1n) is 6.86. The van der Waals surface area contributed by atoms with Crippen LogP contribution in [0.1, 0.15) is 12.5 Å². The lowest BCUT2D eigenvalue weighted by molar-refractivity contribution is -0.117. The number of benzene rings is 2. The van der Waals surface area contributed by atoms with Crippen molar-refractivity contribution in [3.8, 4) is 0 Å². The molecule has 0 fully saturated rings. The Hall–Kier alpha value is -2.18. The maximum absolute atomic E-state index is 12.1. The zero-order valence-electron chi connectivity index (χ0n) is 12.2. The maximum atomic E-state index is 12.1. The Kier molecular flexibility index (Phi) is 5.30. The van der Waals surface area contributed by atoms with Crippen LogP contribution < -0.4 is 10.0 Å². The molecule has 0 aliphatic carbocycles. The average molecular weight is 318 g/mol. The van der Waals surface area contributed by atoms with Gasteiger partial charge in [-0.1, -0.05) is 48.5 Å². The number of para-hydroxylation sites is 1. The van der Waals surface area contributed by atoms with Crippen LogP contribution >= 0.6 is 0 Å². The molecule has 6 heteroatoms. The average Bonchev–Trinajstić information content (AvgIpc) is 2.48. The van der Waals surface area contributed by atoms with E-state index in [1.807, 2.05) is 12.1 Å². The van der Waals surface area contributed by atoms with Crippen LogP contribution in [-0.2, 0) is 20.6 Å². The fraction of sp³-hybridized carbons (Fsp3) is 0.188. The Labute approximate surface area is 130 Å². The van der Waals surface area contributed by atoms with Gasteiger partial charge in [-0.25, -0.2) is 13.1 Å². The smallest absolute Gasteiger partial charge is 0.242 e. The van der Waals surface area contributed by atoms with Gasteiger partial charge in [0.25, 0.3) is 0 Å². The SMILES string of the molecule is CC(NS(=O)(=O)Cc1ccccc1)C(=O)Nc1ccccc1. The molecule has 0 radical (unpaired) electrons. The van der Waals surface area contributed by atoms with Crippen molar-refractivity contribution in [2.75, 3.05) is 5.32 Å². The highest BCUT2D eigenvalue weighted by atomic mass is 32.2. The molecule has 0 aliphatic rings. The molecule has 1 amide bonds. The number of nitrogens with one attached hydrogen (secondary N) is 2. The van der Waals surface area contributed by atoms with Crippen LogP contribution in [-0.4, -0.2) is 20.4 Å². The third-order valence-corrected chi connectivity index (χ3v) is 4.42. The van der Waals surface area contributed by atoms with Gasteiger partial charge in [0.05, 0.1) is 11.8 Å². The summed E-state index contributed by atoms with van der Waals surface area (Å²) in [7, 11) is -3.58. The lowest BCUT2D eigenvalue weighted by Crippen LogP contribution is -2.42. The fourth-order valence-corrected chi connectivity index (χ4v) is 3.29. The Balaban J connectivity index is 1.95. The van der Waals surface area contributed by atoms with Gasteiger partial charge in [0.1, 0.15) is 0 Å². The summed E-state index contributed by atoms with van der Waals surface area (Å²) in [5.74, 6) is -0.556. The van der Waals surface area contributed by atoms with Crippen LogP contribution in [0.4, 0.5) is 5.69 Å². The van der Waals surface area contributed by atoms with Gasteiger partial charge in [-0.15, -0.1) is 0 Å². The van der Waals surface area contributed by atoms with Gasteiger partial charge >= 0.3 is 0 Å². The first-order chi connectivity index (χ1) is 10.5. The quantitative estimate of drug-likeness (QED) is 0.857. The molecule has 5 nitrogen and oxygen atoms in total. The molecule has 22 heavy (non-hydrogen) atoms. The molecule has 2 aromatic rings. The number of sulfonamides is 1. The zero-order chi connectivity index (χ0) is 16.0. The summed E-state index contributed by atoms with van der Waals surface area (Å²) in [6.45, 7) is 1.51. The van der Waals surface area contributed by atoms with Crippen LogP contribution in [0, 0.1) is 0 Å². The molecule has 1 unspecified atom stereocenters. The van der Waals surface area contributed by atoms with E-state index >= 15 is 0 Å². The van der Waals surface area contributed by atoms with E-state index in [2.05, 4.69) is 10.0 Å². The summed E-state index contributed by atoms with van der Waals surface area (Å²) in [4.78, 5) is 12.0. The summed E-state index contributed by atoms with van der Waals surface area (Å²) in [6.07, 6.45) is 0. The predicted molar refractivity (Wildman–Crippen MR) is 86.7 cm³/mol. The molecule has 2 N–H and O–H groups in total. The molecule has 0 aromatic heterocycles. The molecule has 116 valence electrons. The van der Waals surface area contributed by atoms with E-state index < -0.39 is 22.0 Å². The second kappa shape index (κ2) is 7.20. The van der Waals surface area contributed by atoms with Crippen LogP contribution in [0.3, 0.4) is 0 Å². The molecule has 2 aromatic carbocycles. The van der Waals surface area contributed by atoms with Crippen molar-refractivity contribution < 1.29 is 13.2 Å². The highest BCUT2D eigenvalue weighted by Gasteiger charge is 2.20. The number of anilines is 1. The number of hydrogen-bond acceptors (Lipinski definition) is 3. The number of rotatable bonds is 6. The van der Waals surface area contributed by atoms with Gasteiger partial charge in [0, 0.05) is 5.69 Å². The highest BCUT2D eigenvalue weighted by Crippen LogP contribution is 2.07. The van der Waals surface area contributed by atoms with E-state index in [1.54, 1.807) is 48.5 Å². The Morgan fingerprint density at radius 2 is 1.55 bits per heavy atom. The van der Waals surface area contributed by atoms with Gasteiger partial charge in [-0.05, 0) is 24.6 Å². The molecule has 0 bridgehead atoms. The lowest BCUT2D eigenvalue weighted by atomic mass is 10.2. The molecular weight excluding hydrogens is 300 g/mol. The summed E-state index contributed by atoms with van der Waals surface area (Å²) in [5.41, 5.74) is 1.30. The van der Waals surface area contributed by atoms with E-state index in [4.69, 9.17) is 0 Å². The molecule has 0 saturated heterocycles. The first-order valence-corrected chi connectivity index (χ1v) is 8.51. The summed E-state index contributed by atoms with van der Waals surface area (Å²) in [6, 6.07) is 16.9. The van der Waals surface area contributed by atoms with Crippen molar-refractivity contribution >= 4 is 21.6 Å². The number of carbonyl (C=O) groups is 1. The van der Waals surface area contributed by atoms with Crippen molar-refractivity contribution in [3.05, 3.63) is 66.2 Å². The molecule has 0 saturated carbocycles. The molecule has 0 aliphatic heterocycles. The number of carbonyl (C=O) groups excluding carboxylic acids is 1. The van der Waals surface area contributed by atoms with E-state index in [-0.39, 0.29) is 5.75 Å². The Morgan fingerprint density at radius 3 is 2.14 bits per heavy atom. The fourth-order valence-electron chi connectivity index (χ4n) is 1.93. The third-order valence-electron chi connectivity index (χ3n) is 2.99. The molecular formula is C16H18N2O3S. The normalized spacial score (nSPS) is 12.6. The topological polar surface area (TPSA) is 75.3 Å². The first kappa shape index (κ1) is 16.2. The van der Waals surface area contributed by atoms with Gasteiger partial charge in [0.15, 0.2) is 0 Å². The minimum atomic E-state index is -3.58. The monoisotopic (exact) mass is 318 g/mol. The van der Waals surface area contributed by atoms with E-state index in [0.29, 0.717) is 11.3 Å². The second-order valence-electron chi connectivity index (χ2n) is 4.94. The van der Waals surface area contributed by atoms with Crippen molar-refractivity contribution in [2.24, 2.45) is 0 Å². The molecule has 0 heterocycles. The van der Waals surface area contributed by atoms with Crippen molar-refractivity contribution in [1.82, 2.24) is 4.72 Å². The maximum Gasteiger partial charge on any atom is 0.242 e. The van der Waals surface area contributed by atoms with Crippen molar-refractivity contribution in [2.45, 2.75) is 18.7 Å². The molecule has 1 atom stereocenters. The van der Waals surface area contributed by atoms with Crippen molar-refractivity contribution in [1.29, 1.82) is 0 Å². The van der Waals surface area contributed by atoms with Gasteiger partial charge in [0.2, 0.25) is 15.9 Å². The van der Waals surface area contributed by atoms with Crippen LogP contribution in [0.25, 0.3) is 0 Å². The molecule has 2 rings (SSSR count). The predicted octanol–water partition coefficient (Wildman–Crippen LogP) is 2.13. The van der Waals surface area contributed by atoms with E-state index in [9.17, 15) is 13.2 Å².